The number of hydrogen-bond donors (Lipinski definition) is 1. The summed E-state index contributed by atoms with van der Waals surface area (Å²) in [6, 6.07) is 2.68. The molecule has 0 saturated carbocycles. The molecule has 0 aliphatic heterocycles. The first-order valence-corrected chi connectivity index (χ1v) is 7.20. The van der Waals surface area contributed by atoms with Crippen molar-refractivity contribution in [2.24, 2.45) is 0 Å². The van der Waals surface area contributed by atoms with Crippen molar-refractivity contribution in [2.45, 2.75) is 60.5 Å². The number of anilines is 1. The molecule has 0 spiro atoms. The van der Waals surface area contributed by atoms with Gasteiger partial charge in [-0.1, -0.05) is 0 Å². The van der Waals surface area contributed by atoms with Crippen LogP contribution in [0.4, 0.5) is 5.69 Å². The molecule has 0 radical (unpaired) electrons. The number of rotatable bonds is 4. The molecule has 1 unspecified atom stereocenters. The zero-order chi connectivity index (χ0) is 15.0. The van der Waals surface area contributed by atoms with Crippen LogP contribution in [0.2, 0.25) is 0 Å². The molecule has 20 heavy (non-hydrogen) atoms. The van der Waals surface area contributed by atoms with Crippen LogP contribution in [-0.2, 0) is 0 Å². The molecule has 2 heterocycles. The van der Waals surface area contributed by atoms with E-state index in [-0.39, 0.29) is 6.04 Å². The second-order valence-corrected chi connectivity index (χ2v) is 5.82. The molecule has 110 valence electrons. The topological polar surface area (TPSA) is 43.0 Å². The molecule has 0 aromatic carbocycles. The van der Waals surface area contributed by atoms with E-state index < -0.39 is 0 Å². The lowest BCUT2D eigenvalue weighted by Crippen LogP contribution is -2.09. The predicted molar refractivity (Wildman–Crippen MR) is 82.3 cm³/mol. The lowest BCUT2D eigenvalue weighted by atomic mass is 10.1. The third kappa shape index (κ3) is 2.60. The summed E-state index contributed by atoms with van der Waals surface area (Å²) < 4.78 is 7.68. The van der Waals surface area contributed by atoms with Crippen LogP contribution in [0.5, 0.6) is 0 Å². The molecule has 2 rings (SSSR count). The van der Waals surface area contributed by atoms with Crippen molar-refractivity contribution in [1.29, 1.82) is 0 Å². The Balaban J connectivity index is 2.28. The zero-order valence-electron chi connectivity index (χ0n) is 13.5. The minimum Gasteiger partial charge on any atom is -0.466 e. The number of nitrogens with zero attached hydrogens (tertiary/aromatic N) is 2. The van der Waals surface area contributed by atoms with Gasteiger partial charge in [0.15, 0.2) is 0 Å². The SMILES string of the molecule is Cc1cc(C(C)Nc2c(C)nn(C(C)C)c2C)c(C)o1. The standard InChI is InChI=1S/C16H25N3O/c1-9(2)19-13(6)16(12(5)18-19)17-11(4)15-8-10(3)20-14(15)7/h8-9,11,17H,1-7H3. The fourth-order valence-electron chi connectivity index (χ4n) is 2.75. The summed E-state index contributed by atoms with van der Waals surface area (Å²) in [6.45, 7) is 14.6. The second kappa shape index (κ2) is 5.35. The van der Waals surface area contributed by atoms with Gasteiger partial charge in [-0.15, -0.1) is 0 Å². The highest BCUT2D eigenvalue weighted by molar-refractivity contribution is 5.54. The normalized spacial score (nSPS) is 13.0. The number of aromatic nitrogens is 2. The number of nitrogens with one attached hydrogen (secondary N) is 1. The monoisotopic (exact) mass is 275 g/mol. The third-order valence-corrected chi connectivity index (χ3v) is 3.72. The van der Waals surface area contributed by atoms with Gasteiger partial charge in [-0.2, -0.15) is 5.10 Å². The van der Waals surface area contributed by atoms with E-state index in [1.807, 2.05) is 13.8 Å². The molecular weight excluding hydrogens is 250 g/mol. The highest BCUT2D eigenvalue weighted by Gasteiger charge is 2.18. The molecule has 2 aromatic heterocycles. The van der Waals surface area contributed by atoms with Crippen molar-refractivity contribution in [3.8, 4) is 0 Å². The van der Waals surface area contributed by atoms with Gasteiger partial charge in [-0.25, -0.2) is 0 Å². The lowest BCUT2D eigenvalue weighted by molar-refractivity contribution is 0.499. The van der Waals surface area contributed by atoms with E-state index in [1.54, 1.807) is 0 Å². The van der Waals surface area contributed by atoms with E-state index in [0.29, 0.717) is 6.04 Å². The van der Waals surface area contributed by atoms with Crippen molar-refractivity contribution in [1.82, 2.24) is 9.78 Å². The van der Waals surface area contributed by atoms with Gasteiger partial charge in [0.25, 0.3) is 0 Å². The zero-order valence-corrected chi connectivity index (χ0v) is 13.5. The van der Waals surface area contributed by atoms with Gasteiger partial charge in [0.05, 0.1) is 23.1 Å². The molecular formula is C16H25N3O. The second-order valence-electron chi connectivity index (χ2n) is 5.82. The van der Waals surface area contributed by atoms with E-state index in [4.69, 9.17) is 4.42 Å². The van der Waals surface area contributed by atoms with Gasteiger partial charge in [0.2, 0.25) is 0 Å². The minimum absolute atomic E-state index is 0.203. The van der Waals surface area contributed by atoms with E-state index in [2.05, 4.69) is 55.8 Å². The first kappa shape index (κ1) is 14.7. The summed E-state index contributed by atoms with van der Waals surface area (Å²) in [5, 5.41) is 8.20. The average Bonchev–Trinajstić information content (AvgIpc) is 2.82. The first-order chi connectivity index (χ1) is 9.31. The van der Waals surface area contributed by atoms with E-state index >= 15 is 0 Å². The van der Waals surface area contributed by atoms with E-state index in [0.717, 1.165) is 22.9 Å². The maximum Gasteiger partial charge on any atom is 0.106 e. The number of aryl methyl sites for hydroxylation is 3. The van der Waals surface area contributed by atoms with E-state index in [9.17, 15) is 0 Å². The Morgan fingerprint density at radius 2 is 1.80 bits per heavy atom. The highest BCUT2D eigenvalue weighted by Crippen LogP contribution is 2.29. The molecule has 0 aliphatic rings. The van der Waals surface area contributed by atoms with Crippen LogP contribution >= 0.6 is 0 Å². The van der Waals surface area contributed by atoms with E-state index in [1.165, 1.54) is 11.3 Å². The molecule has 1 atom stereocenters. The minimum atomic E-state index is 0.203. The molecule has 0 saturated heterocycles. The van der Waals surface area contributed by atoms with Crippen LogP contribution in [0.1, 0.15) is 61.3 Å². The summed E-state index contributed by atoms with van der Waals surface area (Å²) in [4.78, 5) is 0. The van der Waals surface area contributed by atoms with Gasteiger partial charge < -0.3 is 9.73 Å². The predicted octanol–water partition coefficient (Wildman–Crippen LogP) is 4.46. The largest absolute Gasteiger partial charge is 0.466 e. The third-order valence-electron chi connectivity index (χ3n) is 3.72. The Hall–Kier alpha value is -1.71. The van der Waals surface area contributed by atoms with Gasteiger partial charge in [-0.05, 0) is 54.5 Å². The Morgan fingerprint density at radius 3 is 2.25 bits per heavy atom. The van der Waals surface area contributed by atoms with Gasteiger partial charge >= 0.3 is 0 Å². The first-order valence-electron chi connectivity index (χ1n) is 7.20. The highest BCUT2D eigenvalue weighted by atomic mass is 16.3. The summed E-state index contributed by atoms with van der Waals surface area (Å²) in [5.41, 5.74) is 4.56. The van der Waals surface area contributed by atoms with Crippen molar-refractivity contribution < 1.29 is 4.42 Å². The molecule has 0 fully saturated rings. The van der Waals surface area contributed by atoms with Crippen LogP contribution in [0.3, 0.4) is 0 Å². The van der Waals surface area contributed by atoms with Crippen LogP contribution in [0.25, 0.3) is 0 Å². The summed E-state index contributed by atoms with van der Waals surface area (Å²) >= 11 is 0. The molecule has 1 N–H and O–H groups in total. The summed E-state index contributed by atoms with van der Waals surface area (Å²) in [5.74, 6) is 1.94. The molecule has 4 heteroatoms. The maximum atomic E-state index is 5.62. The fourth-order valence-corrected chi connectivity index (χ4v) is 2.75. The van der Waals surface area contributed by atoms with Gasteiger partial charge in [0.1, 0.15) is 11.5 Å². The van der Waals surface area contributed by atoms with Crippen LogP contribution in [0, 0.1) is 27.7 Å². The lowest BCUT2D eigenvalue weighted by Gasteiger charge is -2.15. The Kier molecular flexibility index (Phi) is 3.93. The van der Waals surface area contributed by atoms with Crippen molar-refractivity contribution >= 4 is 5.69 Å². The average molecular weight is 275 g/mol. The number of furan rings is 1. The summed E-state index contributed by atoms with van der Waals surface area (Å²) in [7, 11) is 0. The molecule has 4 nitrogen and oxygen atoms in total. The van der Waals surface area contributed by atoms with Gasteiger partial charge in [-0.3, -0.25) is 4.68 Å². The molecule has 0 aliphatic carbocycles. The van der Waals surface area contributed by atoms with Crippen LogP contribution < -0.4 is 5.32 Å². The summed E-state index contributed by atoms with van der Waals surface area (Å²) in [6.07, 6.45) is 0. The van der Waals surface area contributed by atoms with Crippen LogP contribution in [-0.4, -0.2) is 9.78 Å². The molecule has 0 bridgehead atoms. The van der Waals surface area contributed by atoms with Crippen LogP contribution in [0.15, 0.2) is 10.5 Å². The van der Waals surface area contributed by atoms with Crippen molar-refractivity contribution in [3.05, 3.63) is 34.5 Å². The fraction of sp³-hybridized carbons (Fsp3) is 0.562. The number of hydrogen-bond acceptors (Lipinski definition) is 3. The maximum absolute atomic E-state index is 5.62. The quantitative estimate of drug-likeness (QED) is 0.895. The van der Waals surface area contributed by atoms with Crippen molar-refractivity contribution in [3.63, 3.8) is 0 Å². The smallest absolute Gasteiger partial charge is 0.106 e. The van der Waals surface area contributed by atoms with Crippen molar-refractivity contribution in [2.75, 3.05) is 5.32 Å². The Bertz CT molecular complexity index is 608. The Morgan fingerprint density at radius 1 is 1.15 bits per heavy atom. The Labute approximate surface area is 121 Å². The molecule has 0 amide bonds. The molecule has 2 aromatic rings. The van der Waals surface area contributed by atoms with Gasteiger partial charge in [0, 0.05) is 11.6 Å².